The Bertz CT molecular complexity index is 1570. The van der Waals surface area contributed by atoms with Crippen molar-refractivity contribution < 1.29 is 19.4 Å². The summed E-state index contributed by atoms with van der Waals surface area (Å²) in [7, 11) is 3.37. The van der Waals surface area contributed by atoms with Crippen molar-refractivity contribution in [3.8, 4) is 5.75 Å². The van der Waals surface area contributed by atoms with Gasteiger partial charge in [-0.2, -0.15) is 0 Å². The van der Waals surface area contributed by atoms with Crippen LogP contribution < -0.4 is 20.3 Å². The third kappa shape index (κ3) is 9.62. The van der Waals surface area contributed by atoms with Gasteiger partial charge in [0.15, 0.2) is 0 Å². The van der Waals surface area contributed by atoms with Gasteiger partial charge in [0, 0.05) is 61.1 Å². The van der Waals surface area contributed by atoms with Crippen LogP contribution in [0.3, 0.4) is 0 Å². The van der Waals surface area contributed by atoms with Crippen molar-refractivity contribution in [3.05, 3.63) is 111 Å². The normalized spacial score (nSPS) is 12.3. The summed E-state index contributed by atoms with van der Waals surface area (Å²) in [5, 5.41) is 20.6. The highest BCUT2D eigenvalue weighted by Crippen LogP contribution is 2.22. The number of anilines is 1. The van der Waals surface area contributed by atoms with Gasteiger partial charge >= 0.3 is 0 Å². The second kappa shape index (κ2) is 16.9. The topological polar surface area (TPSA) is 107 Å². The molecule has 2 amide bonds. The number of nitrogens with one attached hydrogen (secondary N) is 2. The zero-order valence-electron chi connectivity index (χ0n) is 27.3. The van der Waals surface area contributed by atoms with E-state index in [-0.39, 0.29) is 18.4 Å². The van der Waals surface area contributed by atoms with E-state index < -0.39 is 12.1 Å². The molecule has 10 heteroatoms. The lowest BCUT2D eigenvalue weighted by Crippen LogP contribution is -2.48. The molecule has 3 aromatic carbocycles. The van der Waals surface area contributed by atoms with E-state index in [1.165, 1.54) is 11.3 Å². The van der Waals surface area contributed by atoms with Gasteiger partial charge < -0.3 is 30.3 Å². The number of amides is 2. The second-order valence-corrected chi connectivity index (χ2v) is 12.2. The van der Waals surface area contributed by atoms with Crippen LogP contribution in [-0.2, 0) is 19.5 Å². The van der Waals surface area contributed by atoms with Crippen LogP contribution in [-0.4, -0.2) is 72.7 Å². The predicted molar refractivity (Wildman–Crippen MR) is 185 cm³/mol. The smallest absolute Gasteiger partial charge is 0.254 e. The Labute approximate surface area is 276 Å². The number of benzene rings is 3. The first-order chi connectivity index (χ1) is 22.2. The molecule has 0 radical (unpaired) electrons. The number of aryl methyl sites for hydroxylation is 1. The van der Waals surface area contributed by atoms with Gasteiger partial charge in [-0.1, -0.05) is 42.5 Å². The van der Waals surface area contributed by atoms with E-state index in [4.69, 9.17) is 4.74 Å². The van der Waals surface area contributed by atoms with Gasteiger partial charge in [0.05, 0.1) is 25.8 Å². The molecule has 0 unspecified atom stereocenters. The maximum Gasteiger partial charge on any atom is 0.254 e. The molecule has 46 heavy (non-hydrogen) atoms. The Morgan fingerprint density at radius 1 is 0.978 bits per heavy atom. The molecular formula is C36H45N5O4S. The monoisotopic (exact) mass is 643 g/mol. The van der Waals surface area contributed by atoms with Crippen molar-refractivity contribution in [2.24, 2.45) is 0 Å². The molecule has 3 N–H and O–H groups in total. The van der Waals surface area contributed by atoms with E-state index in [9.17, 15) is 14.7 Å². The molecule has 0 spiro atoms. The minimum Gasteiger partial charge on any atom is -0.497 e. The standard InChI is InChI=1S/C36H45N5O4S/c1-6-41(7-2)30-19-28(18-29(20-30)36(44)40(4)23-34-38-25(3)24-46-34)35(43)39-32(17-26-12-9-8-10-13-26)33(42)22-37-21-27-14-11-15-31(16-27)45-5/h8-16,18-20,24,32-33,37,42H,6-7,17,21-23H2,1-5H3,(H,39,43)/t32-,33+/m0/s1. The lowest BCUT2D eigenvalue weighted by molar-refractivity contribution is 0.0784. The van der Waals surface area contributed by atoms with Gasteiger partial charge in [0.2, 0.25) is 0 Å². The molecule has 1 heterocycles. The van der Waals surface area contributed by atoms with Crippen LogP contribution in [0.4, 0.5) is 5.69 Å². The molecule has 0 saturated heterocycles. The van der Waals surface area contributed by atoms with Crippen molar-refractivity contribution in [2.45, 2.75) is 52.4 Å². The number of aliphatic hydroxyl groups is 1. The van der Waals surface area contributed by atoms with Crippen molar-refractivity contribution in [3.63, 3.8) is 0 Å². The Balaban J connectivity index is 1.55. The number of rotatable bonds is 16. The first-order valence-electron chi connectivity index (χ1n) is 15.6. The first-order valence-corrected chi connectivity index (χ1v) is 16.5. The highest BCUT2D eigenvalue weighted by atomic mass is 32.1. The highest BCUT2D eigenvalue weighted by Gasteiger charge is 2.24. The third-order valence-corrected chi connectivity index (χ3v) is 8.79. The summed E-state index contributed by atoms with van der Waals surface area (Å²) >= 11 is 1.52. The van der Waals surface area contributed by atoms with Gasteiger partial charge in [-0.3, -0.25) is 9.59 Å². The fraction of sp³-hybridized carbons (Fsp3) is 0.361. The predicted octanol–water partition coefficient (Wildman–Crippen LogP) is 5.07. The Morgan fingerprint density at radius 3 is 2.37 bits per heavy atom. The molecule has 4 rings (SSSR count). The lowest BCUT2D eigenvalue weighted by atomic mass is 9.99. The zero-order valence-corrected chi connectivity index (χ0v) is 28.1. The van der Waals surface area contributed by atoms with Crippen LogP contribution in [0.15, 0.2) is 78.2 Å². The number of carbonyl (C=O) groups is 2. The fourth-order valence-corrected chi connectivity index (χ4v) is 6.12. The van der Waals surface area contributed by atoms with Gasteiger partial charge in [-0.15, -0.1) is 11.3 Å². The molecule has 9 nitrogen and oxygen atoms in total. The molecule has 0 aliphatic rings. The molecule has 0 bridgehead atoms. The summed E-state index contributed by atoms with van der Waals surface area (Å²) in [5.74, 6) is 0.218. The van der Waals surface area contributed by atoms with E-state index in [0.717, 1.165) is 46.4 Å². The van der Waals surface area contributed by atoms with Crippen LogP contribution in [0.25, 0.3) is 0 Å². The molecule has 4 aromatic rings. The number of aromatic nitrogens is 1. The van der Waals surface area contributed by atoms with E-state index >= 15 is 0 Å². The van der Waals surface area contributed by atoms with Crippen molar-refractivity contribution >= 4 is 28.8 Å². The van der Waals surface area contributed by atoms with Gasteiger partial charge in [-0.25, -0.2) is 4.98 Å². The molecule has 244 valence electrons. The van der Waals surface area contributed by atoms with Gasteiger partial charge in [0.1, 0.15) is 10.8 Å². The average Bonchev–Trinajstić information content (AvgIpc) is 3.48. The Hall–Kier alpha value is -4.25. The highest BCUT2D eigenvalue weighted by molar-refractivity contribution is 7.09. The molecule has 2 atom stereocenters. The van der Waals surface area contributed by atoms with E-state index in [2.05, 4.69) is 20.5 Å². The number of carbonyl (C=O) groups excluding carboxylic acids is 2. The first kappa shape index (κ1) is 34.6. The Morgan fingerprint density at radius 2 is 1.70 bits per heavy atom. The second-order valence-electron chi connectivity index (χ2n) is 11.3. The Kier molecular flexibility index (Phi) is 12.7. The summed E-state index contributed by atoms with van der Waals surface area (Å²) in [5.41, 5.74) is 4.51. The fourth-order valence-electron chi connectivity index (χ4n) is 5.30. The zero-order chi connectivity index (χ0) is 33.1. The van der Waals surface area contributed by atoms with Crippen molar-refractivity contribution in [1.82, 2.24) is 20.5 Å². The number of nitrogens with zero attached hydrogens (tertiary/aromatic N) is 3. The number of methoxy groups -OCH3 is 1. The molecule has 0 aliphatic heterocycles. The maximum absolute atomic E-state index is 13.9. The SMILES string of the molecule is CCN(CC)c1cc(C(=O)N[C@@H](Cc2ccccc2)[C@H](O)CNCc2cccc(OC)c2)cc(C(=O)N(C)Cc2nc(C)cs2)c1. The van der Waals surface area contributed by atoms with Crippen LogP contribution in [0.1, 0.15) is 56.4 Å². The van der Waals surface area contributed by atoms with Crippen molar-refractivity contribution in [2.75, 3.05) is 38.7 Å². The summed E-state index contributed by atoms with van der Waals surface area (Å²) in [6.45, 7) is 8.63. The van der Waals surface area contributed by atoms with Crippen LogP contribution in [0, 0.1) is 6.92 Å². The lowest BCUT2D eigenvalue weighted by Gasteiger charge is -2.26. The number of thiazole rings is 1. The van der Waals surface area contributed by atoms with E-state index in [1.54, 1.807) is 25.1 Å². The largest absolute Gasteiger partial charge is 0.497 e. The molecular weight excluding hydrogens is 598 g/mol. The quantitative estimate of drug-likeness (QED) is 0.157. The third-order valence-electron chi connectivity index (χ3n) is 7.84. The van der Waals surface area contributed by atoms with Crippen LogP contribution in [0.5, 0.6) is 5.75 Å². The number of ether oxygens (including phenoxy) is 1. The van der Waals surface area contributed by atoms with Gasteiger partial charge in [0.25, 0.3) is 11.8 Å². The number of aliphatic hydroxyl groups excluding tert-OH is 1. The summed E-state index contributed by atoms with van der Waals surface area (Å²) in [4.78, 5) is 35.7. The minimum absolute atomic E-state index is 0.196. The van der Waals surface area contributed by atoms with Crippen molar-refractivity contribution in [1.29, 1.82) is 0 Å². The van der Waals surface area contributed by atoms with Crippen LogP contribution in [0.2, 0.25) is 0 Å². The summed E-state index contributed by atoms with van der Waals surface area (Å²) in [6, 6.07) is 22.2. The molecule has 0 fully saturated rings. The summed E-state index contributed by atoms with van der Waals surface area (Å²) in [6.07, 6.45) is -0.443. The van der Waals surface area contributed by atoms with E-state index in [1.807, 2.05) is 92.9 Å². The average molecular weight is 644 g/mol. The molecule has 0 aliphatic carbocycles. The molecule has 0 saturated carbocycles. The molecule has 1 aromatic heterocycles. The summed E-state index contributed by atoms with van der Waals surface area (Å²) < 4.78 is 5.32. The number of hydrogen-bond donors (Lipinski definition) is 3. The van der Waals surface area contributed by atoms with Crippen LogP contribution >= 0.6 is 11.3 Å². The number of hydrogen-bond acceptors (Lipinski definition) is 8. The minimum atomic E-state index is -0.880. The van der Waals surface area contributed by atoms with Gasteiger partial charge in [-0.05, 0) is 68.7 Å². The van der Waals surface area contributed by atoms with E-state index in [0.29, 0.717) is 30.6 Å². The maximum atomic E-state index is 13.9.